The van der Waals surface area contributed by atoms with Crippen LogP contribution < -0.4 is 5.32 Å². The van der Waals surface area contributed by atoms with Gasteiger partial charge in [-0.05, 0) is 35.5 Å². The smallest absolute Gasteiger partial charge is 0.209 e. The molecule has 0 fully saturated rings. The summed E-state index contributed by atoms with van der Waals surface area (Å²) in [5.41, 5.74) is 0. The molecule has 92 valence electrons. The predicted octanol–water partition coefficient (Wildman–Crippen LogP) is 1.08. The summed E-state index contributed by atoms with van der Waals surface area (Å²) in [5, 5.41) is 15.4. The number of hydrogen-bond donors (Lipinski definition) is 1. The van der Waals surface area contributed by atoms with E-state index in [1.807, 2.05) is 19.2 Å². The van der Waals surface area contributed by atoms with E-state index in [1.165, 1.54) is 0 Å². The van der Waals surface area contributed by atoms with Gasteiger partial charge >= 0.3 is 0 Å². The number of thioether (sulfide) groups is 1. The summed E-state index contributed by atoms with van der Waals surface area (Å²) in [7, 11) is 1.84. The van der Waals surface area contributed by atoms with Crippen molar-refractivity contribution in [2.45, 2.75) is 18.1 Å². The van der Waals surface area contributed by atoms with Crippen LogP contribution in [0.5, 0.6) is 0 Å². The minimum atomic E-state index is 0.781. The van der Waals surface area contributed by atoms with Crippen LogP contribution in [0.3, 0.4) is 0 Å². The molecule has 0 saturated carbocycles. The highest BCUT2D eigenvalue weighted by atomic mass is 32.2. The first-order valence-corrected chi connectivity index (χ1v) is 6.43. The van der Waals surface area contributed by atoms with Gasteiger partial charge in [-0.1, -0.05) is 11.8 Å². The van der Waals surface area contributed by atoms with Crippen molar-refractivity contribution in [2.24, 2.45) is 7.05 Å². The van der Waals surface area contributed by atoms with E-state index in [0.29, 0.717) is 0 Å². The SMILES string of the molecule is Cn1nnnc1SCCCNCc1ccco1. The predicted molar refractivity (Wildman–Crippen MR) is 64.6 cm³/mol. The van der Waals surface area contributed by atoms with Crippen LogP contribution in [-0.4, -0.2) is 32.5 Å². The Morgan fingerprint density at radius 1 is 1.53 bits per heavy atom. The van der Waals surface area contributed by atoms with Crippen molar-refractivity contribution in [1.29, 1.82) is 0 Å². The van der Waals surface area contributed by atoms with Gasteiger partial charge in [0, 0.05) is 12.8 Å². The zero-order valence-corrected chi connectivity index (χ0v) is 10.5. The Morgan fingerprint density at radius 2 is 2.47 bits per heavy atom. The van der Waals surface area contributed by atoms with Gasteiger partial charge in [-0.25, -0.2) is 4.68 Å². The molecule has 17 heavy (non-hydrogen) atoms. The third-order valence-electron chi connectivity index (χ3n) is 2.19. The second-order valence-corrected chi connectivity index (χ2v) is 4.61. The van der Waals surface area contributed by atoms with E-state index >= 15 is 0 Å². The molecule has 0 aliphatic carbocycles. The number of rotatable bonds is 7. The van der Waals surface area contributed by atoms with Crippen LogP contribution in [0.25, 0.3) is 0 Å². The minimum absolute atomic E-state index is 0.781. The van der Waals surface area contributed by atoms with E-state index in [-0.39, 0.29) is 0 Å². The Bertz CT molecular complexity index is 428. The molecule has 6 nitrogen and oxygen atoms in total. The van der Waals surface area contributed by atoms with E-state index in [2.05, 4.69) is 20.8 Å². The van der Waals surface area contributed by atoms with Crippen molar-refractivity contribution in [3.8, 4) is 0 Å². The third kappa shape index (κ3) is 3.86. The highest BCUT2D eigenvalue weighted by molar-refractivity contribution is 7.99. The summed E-state index contributed by atoms with van der Waals surface area (Å²) >= 11 is 1.67. The lowest BCUT2D eigenvalue weighted by Crippen LogP contribution is -2.14. The summed E-state index contributed by atoms with van der Waals surface area (Å²) in [6, 6.07) is 3.86. The van der Waals surface area contributed by atoms with Crippen LogP contribution in [0.2, 0.25) is 0 Å². The fraction of sp³-hybridized carbons (Fsp3) is 0.500. The zero-order valence-electron chi connectivity index (χ0n) is 9.67. The molecule has 0 unspecified atom stereocenters. The van der Waals surface area contributed by atoms with Gasteiger partial charge in [-0.2, -0.15) is 0 Å². The molecule has 2 heterocycles. The zero-order chi connectivity index (χ0) is 11.9. The number of nitrogens with zero attached hydrogens (tertiary/aromatic N) is 4. The second-order valence-electron chi connectivity index (χ2n) is 3.54. The van der Waals surface area contributed by atoms with E-state index in [1.54, 1.807) is 22.7 Å². The average molecular weight is 253 g/mol. The Kier molecular flexibility index (Phi) is 4.57. The first kappa shape index (κ1) is 12.1. The highest BCUT2D eigenvalue weighted by Gasteiger charge is 2.01. The lowest BCUT2D eigenvalue weighted by Gasteiger charge is -2.02. The summed E-state index contributed by atoms with van der Waals surface area (Å²) in [4.78, 5) is 0. The lowest BCUT2D eigenvalue weighted by molar-refractivity contribution is 0.483. The quantitative estimate of drug-likeness (QED) is 0.588. The van der Waals surface area contributed by atoms with Gasteiger partial charge in [0.05, 0.1) is 12.8 Å². The van der Waals surface area contributed by atoms with Crippen LogP contribution >= 0.6 is 11.8 Å². The van der Waals surface area contributed by atoms with Gasteiger partial charge in [-0.3, -0.25) is 0 Å². The van der Waals surface area contributed by atoms with Crippen molar-refractivity contribution in [3.63, 3.8) is 0 Å². The van der Waals surface area contributed by atoms with Crippen molar-refractivity contribution in [2.75, 3.05) is 12.3 Å². The molecule has 0 radical (unpaired) electrons. The fourth-order valence-electron chi connectivity index (χ4n) is 1.33. The lowest BCUT2D eigenvalue weighted by atomic mass is 10.4. The van der Waals surface area contributed by atoms with Crippen molar-refractivity contribution < 1.29 is 4.42 Å². The molecular weight excluding hydrogens is 238 g/mol. The number of aryl methyl sites for hydroxylation is 1. The van der Waals surface area contributed by atoms with E-state index < -0.39 is 0 Å². The molecule has 0 aliphatic heterocycles. The van der Waals surface area contributed by atoms with Crippen molar-refractivity contribution in [3.05, 3.63) is 24.2 Å². The van der Waals surface area contributed by atoms with E-state index in [9.17, 15) is 0 Å². The van der Waals surface area contributed by atoms with Crippen LogP contribution in [0.1, 0.15) is 12.2 Å². The molecule has 0 saturated heterocycles. The van der Waals surface area contributed by atoms with Gasteiger partial charge in [-0.15, -0.1) is 5.10 Å². The van der Waals surface area contributed by atoms with Crippen LogP contribution in [-0.2, 0) is 13.6 Å². The molecule has 0 atom stereocenters. The first-order chi connectivity index (χ1) is 8.36. The summed E-state index contributed by atoms with van der Waals surface area (Å²) in [6.45, 7) is 1.74. The standard InChI is InChI=1S/C10H15N5OS/c1-15-10(12-13-14-15)17-7-3-5-11-8-9-4-2-6-16-9/h2,4,6,11H,3,5,7-8H2,1H3. The first-order valence-electron chi connectivity index (χ1n) is 5.44. The Labute approximate surface area is 104 Å². The largest absolute Gasteiger partial charge is 0.468 e. The molecule has 2 aromatic rings. The maximum atomic E-state index is 5.22. The Balaban J connectivity index is 1.54. The van der Waals surface area contributed by atoms with E-state index in [4.69, 9.17) is 4.42 Å². The normalized spacial score (nSPS) is 10.9. The topological polar surface area (TPSA) is 68.8 Å². The molecule has 0 amide bonds. The maximum Gasteiger partial charge on any atom is 0.209 e. The molecule has 0 spiro atoms. The van der Waals surface area contributed by atoms with Crippen LogP contribution in [0, 0.1) is 0 Å². The minimum Gasteiger partial charge on any atom is -0.468 e. The average Bonchev–Trinajstić information content (AvgIpc) is 2.95. The maximum absolute atomic E-state index is 5.22. The summed E-state index contributed by atoms with van der Waals surface area (Å²) < 4.78 is 6.90. The fourth-order valence-corrected chi connectivity index (χ4v) is 2.12. The monoisotopic (exact) mass is 253 g/mol. The molecule has 1 N–H and O–H groups in total. The number of furan rings is 1. The molecule has 0 aromatic carbocycles. The number of tetrazole rings is 1. The Morgan fingerprint density at radius 3 is 3.18 bits per heavy atom. The second kappa shape index (κ2) is 6.41. The molecule has 0 aliphatic rings. The summed E-state index contributed by atoms with van der Waals surface area (Å²) in [6.07, 6.45) is 2.76. The number of nitrogens with one attached hydrogen (secondary N) is 1. The van der Waals surface area contributed by atoms with Crippen molar-refractivity contribution in [1.82, 2.24) is 25.5 Å². The highest BCUT2D eigenvalue weighted by Crippen LogP contribution is 2.12. The third-order valence-corrected chi connectivity index (χ3v) is 3.29. The van der Waals surface area contributed by atoms with E-state index in [0.717, 1.165) is 36.2 Å². The van der Waals surface area contributed by atoms with Gasteiger partial charge in [0.15, 0.2) is 0 Å². The van der Waals surface area contributed by atoms with Gasteiger partial charge in [0.2, 0.25) is 5.16 Å². The molecule has 0 bridgehead atoms. The van der Waals surface area contributed by atoms with Crippen LogP contribution in [0.15, 0.2) is 28.0 Å². The van der Waals surface area contributed by atoms with Gasteiger partial charge in [0.25, 0.3) is 0 Å². The van der Waals surface area contributed by atoms with Gasteiger partial charge in [0.1, 0.15) is 5.76 Å². The molecule has 7 heteroatoms. The van der Waals surface area contributed by atoms with Crippen molar-refractivity contribution >= 4 is 11.8 Å². The summed E-state index contributed by atoms with van der Waals surface area (Å²) in [5.74, 6) is 1.97. The van der Waals surface area contributed by atoms with Gasteiger partial charge < -0.3 is 9.73 Å². The van der Waals surface area contributed by atoms with Crippen LogP contribution in [0.4, 0.5) is 0 Å². The Hall–Kier alpha value is -1.34. The molecule has 2 aromatic heterocycles. The molecule has 2 rings (SSSR count). The molecular formula is C10H15N5OS. The number of aromatic nitrogens is 4. The number of hydrogen-bond acceptors (Lipinski definition) is 6.